The number of ether oxygens (including phenoxy) is 1. The Morgan fingerprint density at radius 2 is 1.68 bits per heavy atom. The van der Waals surface area contributed by atoms with Crippen LogP contribution in [0.3, 0.4) is 0 Å². The lowest BCUT2D eigenvalue weighted by atomic mass is 10.0. The Labute approximate surface area is 144 Å². The van der Waals surface area contributed by atoms with Crippen molar-refractivity contribution >= 4 is 17.6 Å². The Balaban J connectivity index is 1.70. The highest BCUT2D eigenvalue weighted by Gasteiger charge is 2.23. The van der Waals surface area contributed by atoms with Gasteiger partial charge in [0.1, 0.15) is 11.5 Å². The second-order valence-corrected chi connectivity index (χ2v) is 5.57. The summed E-state index contributed by atoms with van der Waals surface area (Å²) in [6.45, 7) is 0. The molecule has 0 spiro atoms. The van der Waals surface area contributed by atoms with Crippen LogP contribution in [0.1, 0.15) is 18.4 Å². The highest BCUT2D eigenvalue weighted by atomic mass is 16.5. The number of carbonyl (C=O) groups is 2. The van der Waals surface area contributed by atoms with E-state index in [1.165, 1.54) is 7.05 Å². The number of hydrogen-bond donors (Lipinski definition) is 0. The van der Waals surface area contributed by atoms with Crippen LogP contribution in [0.25, 0.3) is 11.1 Å². The zero-order chi connectivity index (χ0) is 17.8. The van der Waals surface area contributed by atoms with Crippen LogP contribution in [-0.2, 0) is 9.59 Å². The average Bonchev–Trinajstić information content (AvgIpc) is 2.64. The van der Waals surface area contributed by atoms with Gasteiger partial charge >= 0.3 is 5.97 Å². The molecule has 0 saturated carbocycles. The van der Waals surface area contributed by atoms with Crippen molar-refractivity contribution in [3.8, 4) is 22.9 Å². The predicted octanol–water partition coefficient (Wildman–Crippen LogP) is 2.74. The summed E-state index contributed by atoms with van der Waals surface area (Å²) in [6.07, 6.45) is 0.535. The van der Waals surface area contributed by atoms with Crippen molar-refractivity contribution in [1.29, 1.82) is 5.26 Å². The molecule has 2 aromatic carbocycles. The van der Waals surface area contributed by atoms with E-state index in [-0.39, 0.29) is 24.5 Å². The van der Waals surface area contributed by atoms with Crippen LogP contribution in [0.15, 0.2) is 53.6 Å². The minimum atomic E-state index is -0.550. The number of nitrogens with zero attached hydrogens (tertiary/aromatic N) is 3. The van der Waals surface area contributed by atoms with Gasteiger partial charge in [0.15, 0.2) is 0 Å². The minimum Gasteiger partial charge on any atom is -0.422 e. The normalized spacial score (nSPS) is 13.8. The monoisotopic (exact) mass is 333 g/mol. The molecule has 0 N–H and O–H groups in total. The summed E-state index contributed by atoms with van der Waals surface area (Å²) in [5.41, 5.74) is 2.75. The maximum absolute atomic E-state index is 12.1. The fourth-order valence-electron chi connectivity index (χ4n) is 2.44. The van der Waals surface area contributed by atoms with Gasteiger partial charge in [-0.3, -0.25) is 4.79 Å². The van der Waals surface area contributed by atoms with Crippen LogP contribution < -0.4 is 4.74 Å². The molecule has 6 nitrogen and oxygen atoms in total. The molecule has 25 heavy (non-hydrogen) atoms. The Hall–Kier alpha value is -3.46. The molecule has 0 aliphatic carbocycles. The highest BCUT2D eigenvalue weighted by molar-refractivity contribution is 6.37. The first-order valence-corrected chi connectivity index (χ1v) is 7.73. The first kappa shape index (κ1) is 16.4. The first-order valence-electron chi connectivity index (χ1n) is 7.73. The molecule has 0 bridgehead atoms. The Kier molecular flexibility index (Phi) is 4.57. The van der Waals surface area contributed by atoms with Crippen molar-refractivity contribution in [3.63, 3.8) is 0 Å². The van der Waals surface area contributed by atoms with E-state index in [0.717, 1.165) is 16.1 Å². The van der Waals surface area contributed by atoms with Crippen molar-refractivity contribution in [3.05, 3.63) is 54.1 Å². The lowest BCUT2D eigenvalue weighted by Crippen LogP contribution is -2.33. The summed E-state index contributed by atoms with van der Waals surface area (Å²) < 4.78 is 5.31. The summed E-state index contributed by atoms with van der Waals surface area (Å²) in [6, 6.07) is 16.4. The molecule has 0 radical (unpaired) electrons. The van der Waals surface area contributed by atoms with E-state index >= 15 is 0 Å². The van der Waals surface area contributed by atoms with Gasteiger partial charge in [-0.1, -0.05) is 24.3 Å². The van der Waals surface area contributed by atoms with Crippen LogP contribution in [0.4, 0.5) is 0 Å². The van der Waals surface area contributed by atoms with Crippen LogP contribution in [0, 0.1) is 11.3 Å². The van der Waals surface area contributed by atoms with Gasteiger partial charge in [-0.2, -0.15) is 10.4 Å². The number of rotatable bonds is 3. The standard InChI is InChI=1S/C19H15N3O3/c1-22-18(23)11-10-17(21-22)19(24)25-16-8-6-15(7-9-16)14-4-2-13(12-20)3-5-14/h2-9H,10-11H2,1H3. The first-order chi connectivity index (χ1) is 12.1. The summed E-state index contributed by atoms with van der Waals surface area (Å²) in [5, 5.41) is 13.9. The third-order valence-electron chi connectivity index (χ3n) is 3.86. The second-order valence-electron chi connectivity index (χ2n) is 5.57. The van der Waals surface area contributed by atoms with Gasteiger partial charge in [0.05, 0.1) is 11.6 Å². The number of carbonyl (C=O) groups excluding carboxylic acids is 2. The van der Waals surface area contributed by atoms with Crippen molar-refractivity contribution in [1.82, 2.24) is 5.01 Å². The average molecular weight is 333 g/mol. The van der Waals surface area contributed by atoms with Crippen molar-refractivity contribution in [2.75, 3.05) is 7.05 Å². The van der Waals surface area contributed by atoms with Crippen LogP contribution in [0.2, 0.25) is 0 Å². The van der Waals surface area contributed by atoms with Gasteiger partial charge in [-0.15, -0.1) is 0 Å². The maximum Gasteiger partial charge on any atom is 0.359 e. The molecular formula is C19H15N3O3. The molecule has 124 valence electrons. The van der Waals surface area contributed by atoms with Crippen molar-refractivity contribution in [2.45, 2.75) is 12.8 Å². The predicted molar refractivity (Wildman–Crippen MR) is 91.7 cm³/mol. The largest absolute Gasteiger partial charge is 0.422 e. The lowest BCUT2D eigenvalue weighted by molar-refractivity contribution is -0.131. The fraction of sp³-hybridized carbons (Fsp3) is 0.158. The maximum atomic E-state index is 12.1. The van der Waals surface area contributed by atoms with Gasteiger partial charge in [0.2, 0.25) is 5.91 Å². The van der Waals surface area contributed by atoms with Gasteiger partial charge in [-0.25, -0.2) is 9.80 Å². The minimum absolute atomic E-state index is 0.122. The molecule has 2 aromatic rings. The summed E-state index contributed by atoms with van der Waals surface area (Å²) in [5.74, 6) is -0.265. The molecule has 6 heteroatoms. The SMILES string of the molecule is CN1N=C(C(=O)Oc2ccc(-c3ccc(C#N)cc3)cc2)CCC1=O. The molecule has 0 aromatic heterocycles. The topological polar surface area (TPSA) is 82.8 Å². The van der Waals surface area contributed by atoms with Gasteiger partial charge in [0.25, 0.3) is 0 Å². The number of nitriles is 1. The molecule has 1 aliphatic rings. The molecule has 1 heterocycles. The molecule has 0 fully saturated rings. The zero-order valence-electron chi connectivity index (χ0n) is 13.6. The van der Waals surface area contributed by atoms with E-state index in [0.29, 0.717) is 11.3 Å². The fourth-order valence-corrected chi connectivity index (χ4v) is 2.44. The number of benzene rings is 2. The zero-order valence-corrected chi connectivity index (χ0v) is 13.6. The summed E-state index contributed by atoms with van der Waals surface area (Å²) in [4.78, 5) is 23.5. The number of esters is 1. The number of hydrogen-bond acceptors (Lipinski definition) is 5. The molecule has 1 aliphatic heterocycles. The Morgan fingerprint density at radius 3 is 2.24 bits per heavy atom. The van der Waals surface area contributed by atoms with Gasteiger partial charge < -0.3 is 4.74 Å². The molecule has 0 saturated heterocycles. The van der Waals surface area contributed by atoms with Crippen molar-refractivity contribution in [2.24, 2.45) is 5.10 Å². The third-order valence-corrected chi connectivity index (χ3v) is 3.86. The van der Waals surface area contributed by atoms with E-state index < -0.39 is 5.97 Å². The summed E-state index contributed by atoms with van der Waals surface area (Å²) >= 11 is 0. The molecule has 0 atom stereocenters. The van der Waals surface area contributed by atoms with E-state index in [1.54, 1.807) is 24.3 Å². The smallest absolute Gasteiger partial charge is 0.359 e. The molecule has 3 rings (SSSR count). The number of hydrazone groups is 1. The van der Waals surface area contributed by atoms with E-state index in [1.807, 2.05) is 24.3 Å². The third kappa shape index (κ3) is 3.72. The van der Waals surface area contributed by atoms with Crippen LogP contribution >= 0.6 is 0 Å². The van der Waals surface area contributed by atoms with E-state index in [9.17, 15) is 9.59 Å². The van der Waals surface area contributed by atoms with E-state index in [2.05, 4.69) is 11.2 Å². The second kappa shape index (κ2) is 6.97. The lowest BCUT2D eigenvalue weighted by Gasteiger charge is -2.18. The van der Waals surface area contributed by atoms with Gasteiger partial charge in [0, 0.05) is 19.9 Å². The quantitative estimate of drug-likeness (QED) is 0.639. The highest BCUT2D eigenvalue weighted by Crippen LogP contribution is 2.23. The molecular weight excluding hydrogens is 318 g/mol. The number of amides is 1. The summed E-state index contributed by atoms with van der Waals surface area (Å²) in [7, 11) is 1.52. The van der Waals surface area contributed by atoms with Gasteiger partial charge in [-0.05, 0) is 35.4 Å². The van der Waals surface area contributed by atoms with Crippen LogP contribution in [-0.4, -0.2) is 29.6 Å². The van der Waals surface area contributed by atoms with Crippen molar-refractivity contribution < 1.29 is 14.3 Å². The molecule has 0 unspecified atom stereocenters. The molecule has 1 amide bonds. The Morgan fingerprint density at radius 1 is 1.08 bits per heavy atom. The van der Waals surface area contributed by atoms with Crippen LogP contribution in [0.5, 0.6) is 5.75 Å². The Bertz CT molecular complexity index is 878. The van der Waals surface area contributed by atoms with E-state index in [4.69, 9.17) is 10.00 Å².